The van der Waals surface area contributed by atoms with Crippen molar-refractivity contribution in [2.75, 3.05) is 0 Å². The Hall–Kier alpha value is -0.0400. The number of rotatable bonds is 1. The van der Waals surface area contributed by atoms with Crippen LogP contribution in [-0.2, 0) is 4.79 Å². The number of carbonyl (C=O) groups excluding carboxylic acids is 1. The molecule has 1 aliphatic carbocycles. The van der Waals surface area contributed by atoms with Crippen LogP contribution in [0.5, 0.6) is 0 Å². The normalized spacial score (nSPS) is 38.7. The first-order chi connectivity index (χ1) is 5.82. The summed E-state index contributed by atoms with van der Waals surface area (Å²) in [7, 11) is 0. The zero-order chi connectivity index (χ0) is 10.3. The second-order valence-corrected chi connectivity index (χ2v) is 5.46. The fraction of sp³-hybridized carbons (Fsp3) is 0.909. The molecule has 0 aliphatic heterocycles. The molecule has 76 valence electrons. The highest BCUT2D eigenvalue weighted by Gasteiger charge is 2.50. The van der Waals surface area contributed by atoms with Gasteiger partial charge in [-0.15, -0.1) is 0 Å². The van der Waals surface area contributed by atoms with Crippen molar-refractivity contribution in [2.24, 2.45) is 16.7 Å². The maximum Gasteiger partial charge on any atom is 0.228 e. The smallest absolute Gasteiger partial charge is 0.228 e. The van der Waals surface area contributed by atoms with Crippen molar-refractivity contribution in [1.82, 2.24) is 0 Å². The van der Waals surface area contributed by atoms with Gasteiger partial charge in [-0.2, -0.15) is 0 Å². The highest BCUT2D eigenvalue weighted by Crippen LogP contribution is 2.54. The lowest BCUT2D eigenvalue weighted by molar-refractivity contribution is -0.132. The minimum Gasteiger partial charge on any atom is -0.281 e. The summed E-state index contributed by atoms with van der Waals surface area (Å²) in [6.45, 7) is 8.56. The quantitative estimate of drug-likeness (QED) is 0.594. The monoisotopic (exact) mass is 202 g/mol. The van der Waals surface area contributed by atoms with E-state index in [1.165, 1.54) is 6.42 Å². The molecular weight excluding hydrogens is 184 g/mol. The zero-order valence-corrected chi connectivity index (χ0v) is 9.74. The van der Waals surface area contributed by atoms with Crippen LogP contribution in [0.15, 0.2) is 0 Å². The van der Waals surface area contributed by atoms with Crippen LogP contribution < -0.4 is 0 Å². The summed E-state index contributed by atoms with van der Waals surface area (Å²) in [5, 5.41) is -0.163. The van der Waals surface area contributed by atoms with Crippen molar-refractivity contribution in [3.8, 4) is 0 Å². The van der Waals surface area contributed by atoms with Crippen LogP contribution in [0.4, 0.5) is 0 Å². The van der Waals surface area contributed by atoms with E-state index >= 15 is 0 Å². The molecule has 0 aromatic heterocycles. The molecule has 1 rings (SSSR count). The van der Waals surface area contributed by atoms with Crippen LogP contribution in [-0.4, -0.2) is 5.24 Å². The molecule has 0 heterocycles. The Morgan fingerprint density at radius 3 is 2.31 bits per heavy atom. The Kier molecular flexibility index (Phi) is 2.78. The Morgan fingerprint density at radius 1 is 1.38 bits per heavy atom. The number of carbonyl (C=O) groups is 1. The van der Waals surface area contributed by atoms with Crippen molar-refractivity contribution in [1.29, 1.82) is 0 Å². The molecule has 1 saturated carbocycles. The second-order valence-electron chi connectivity index (χ2n) is 5.12. The Morgan fingerprint density at radius 2 is 1.92 bits per heavy atom. The van der Waals surface area contributed by atoms with Gasteiger partial charge in [-0.05, 0) is 29.4 Å². The summed E-state index contributed by atoms with van der Waals surface area (Å²) in [5.74, 6) is 0.578. The Labute approximate surface area is 85.8 Å². The van der Waals surface area contributed by atoms with Gasteiger partial charge in [0.15, 0.2) is 0 Å². The van der Waals surface area contributed by atoms with E-state index in [-0.39, 0.29) is 16.1 Å². The molecule has 0 N–H and O–H groups in total. The van der Waals surface area contributed by atoms with Gasteiger partial charge in [0.05, 0.1) is 0 Å². The molecule has 0 spiro atoms. The lowest BCUT2D eigenvalue weighted by Gasteiger charge is -2.49. The molecule has 1 fully saturated rings. The largest absolute Gasteiger partial charge is 0.281 e. The highest BCUT2D eigenvalue weighted by molar-refractivity contribution is 6.64. The third kappa shape index (κ3) is 1.52. The number of halogens is 1. The van der Waals surface area contributed by atoms with Crippen LogP contribution in [0.3, 0.4) is 0 Å². The van der Waals surface area contributed by atoms with Crippen LogP contribution in [0, 0.1) is 16.7 Å². The fourth-order valence-electron chi connectivity index (χ4n) is 2.34. The summed E-state index contributed by atoms with van der Waals surface area (Å²) in [6.07, 6.45) is 3.28. The van der Waals surface area contributed by atoms with Crippen LogP contribution in [0.25, 0.3) is 0 Å². The molecule has 13 heavy (non-hydrogen) atoms. The van der Waals surface area contributed by atoms with Crippen molar-refractivity contribution in [2.45, 2.75) is 47.0 Å². The fourth-order valence-corrected chi connectivity index (χ4v) is 2.68. The van der Waals surface area contributed by atoms with Crippen LogP contribution in [0.2, 0.25) is 0 Å². The van der Waals surface area contributed by atoms with Crippen molar-refractivity contribution >= 4 is 16.8 Å². The van der Waals surface area contributed by atoms with Crippen molar-refractivity contribution < 1.29 is 4.79 Å². The first-order valence-corrected chi connectivity index (χ1v) is 5.40. The Bertz CT molecular complexity index is 222. The molecule has 0 saturated heterocycles. The standard InChI is InChI=1S/C11H19ClO/c1-8-6-5-7-11(4,9(12)13)10(8,2)3/h8H,5-7H2,1-4H3. The molecule has 2 unspecified atom stereocenters. The van der Waals surface area contributed by atoms with Gasteiger partial charge < -0.3 is 0 Å². The van der Waals surface area contributed by atoms with Crippen molar-refractivity contribution in [3.63, 3.8) is 0 Å². The molecule has 1 nitrogen and oxygen atoms in total. The average Bonchev–Trinajstić information content (AvgIpc) is 2.00. The van der Waals surface area contributed by atoms with E-state index in [1.807, 2.05) is 6.92 Å². The van der Waals surface area contributed by atoms with Gasteiger partial charge in [-0.1, -0.05) is 40.5 Å². The summed E-state index contributed by atoms with van der Waals surface area (Å²) in [5.41, 5.74) is -0.295. The maximum absolute atomic E-state index is 11.4. The molecule has 1 aliphatic rings. The van der Waals surface area contributed by atoms with E-state index in [0.29, 0.717) is 5.92 Å². The zero-order valence-electron chi connectivity index (χ0n) is 8.98. The third-order valence-corrected chi connectivity index (χ3v) is 4.82. The lowest BCUT2D eigenvalue weighted by atomic mass is 9.55. The third-order valence-electron chi connectivity index (χ3n) is 4.40. The molecule has 0 bridgehead atoms. The average molecular weight is 203 g/mol. The van der Waals surface area contributed by atoms with Gasteiger partial charge in [-0.3, -0.25) is 4.79 Å². The minimum atomic E-state index is -0.327. The van der Waals surface area contributed by atoms with Gasteiger partial charge in [0.2, 0.25) is 5.24 Å². The second kappa shape index (κ2) is 3.27. The summed E-state index contributed by atoms with van der Waals surface area (Å²) in [4.78, 5) is 11.4. The van der Waals surface area contributed by atoms with E-state index in [1.54, 1.807) is 0 Å². The van der Waals surface area contributed by atoms with E-state index in [2.05, 4.69) is 20.8 Å². The summed E-state index contributed by atoms with van der Waals surface area (Å²) >= 11 is 5.71. The summed E-state index contributed by atoms with van der Waals surface area (Å²) < 4.78 is 0. The number of hydrogen-bond donors (Lipinski definition) is 0. The molecular formula is C11H19ClO. The highest BCUT2D eigenvalue weighted by atomic mass is 35.5. The lowest BCUT2D eigenvalue weighted by Crippen LogP contribution is -2.47. The molecule has 0 aromatic carbocycles. The van der Waals surface area contributed by atoms with Gasteiger partial charge in [0.1, 0.15) is 0 Å². The molecule has 2 atom stereocenters. The molecule has 0 amide bonds. The first kappa shape index (κ1) is 11.0. The van der Waals surface area contributed by atoms with E-state index < -0.39 is 0 Å². The first-order valence-electron chi connectivity index (χ1n) is 5.02. The van der Waals surface area contributed by atoms with Gasteiger partial charge in [0.25, 0.3) is 0 Å². The Balaban J connectivity index is 3.02. The minimum absolute atomic E-state index is 0.0318. The molecule has 2 heteroatoms. The van der Waals surface area contributed by atoms with Gasteiger partial charge in [-0.25, -0.2) is 0 Å². The van der Waals surface area contributed by atoms with E-state index in [4.69, 9.17) is 11.6 Å². The topological polar surface area (TPSA) is 17.1 Å². The van der Waals surface area contributed by atoms with Crippen LogP contribution >= 0.6 is 11.6 Å². The van der Waals surface area contributed by atoms with E-state index in [0.717, 1.165) is 12.8 Å². The predicted octanol–water partition coefficient (Wildman–Crippen LogP) is 3.60. The predicted molar refractivity (Wildman–Crippen MR) is 55.8 cm³/mol. The van der Waals surface area contributed by atoms with Crippen molar-refractivity contribution in [3.05, 3.63) is 0 Å². The molecule has 0 radical (unpaired) electrons. The van der Waals surface area contributed by atoms with Crippen LogP contribution in [0.1, 0.15) is 47.0 Å². The van der Waals surface area contributed by atoms with Gasteiger partial charge >= 0.3 is 0 Å². The SMILES string of the molecule is CC1CCCC(C)(C(=O)Cl)C1(C)C. The molecule has 0 aromatic rings. The maximum atomic E-state index is 11.4. The summed E-state index contributed by atoms with van der Waals surface area (Å²) in [6, 6.07) is 0. The van der Waals surface area contributed by atoms with Gasteiger partial charge in [0, 0.05) is 5.41 Å². The van der Waals surface area contributed by atoms with E-state index in [9.17, 15) is 4.79 Å². The number of hydrogen-bond acceptors (Lipinski definition) is 1.